The van der Waals surface area contributed by atoms with E-state index in [2.05, 4.69) is 26.6 Å². The molecule has 0 aliphatic carbocycles. The van der Waals surface area contributed by atoms with Gasteiger partial charge in [0.05, 0.1) is 6.10 Å². The van der Waals surface area contributed by atoms with Crippen LogP contribution in [0.2, 0.25) is 0 Å². The predicted molar refractivity (Wildman–Crippen MR) is 134 cm³/mol. The quantitative estimate of drug-likeness (QED) is 0.565. The molecule has 1 saturated heterocycles. The van der Waals surface area contributed by atoms with Crippen LogP contribution in [0.25, 0.3) is 0 Å². The number of alkyl halides is 3. The van der Waals surface area contributed by atoms with Crippen molar-refractivity contribution < 1.29 is 32.3 Å². The Morgan fingerprint density at radius 2 is 1.62 bits per heavy atom. The number of halogens is 4. The number of rotatable bonds is 4. The lowest BCUT2D eigenvalue weighted by atomic mass is 10.0. The van der Waals surface area contributed by atoms with Gasteiger partial charge in [0.25, 0.3) is 0 Å². The number of likely N-dealkylation sites (tertiary alicyclic amines) is 1. The first-order valence-corrected chi connectivity index (χ1v) is 12.5. The molecule has 0 radical (unpaired) electrons. The predicted octanol–water partition coefficient (Wildman–Crippen LogP) is 4.20. The van der Waals surface area contributed by atoms with E-state index in [-0.39, 0.29) is 38.6 Å². The molecule has 12 heteroatoms. The molecule has 37 heavy (non-hydrogen) atoms. The van der Waals surface area contributed by atoms with Crippen LogP contribution in [0.1, 0.15) is 17.5 Å². The highest BCUT2D eigenvalue weighted by Gasteiger charge is 2.43. The third-order valence-electron chi connectivity index (χ3n) is 6.56. The standard InChI is InChI=1S/C25H26BrF3N4O4/c1-37-20-13-21(33(14-20)24(36)31-18-6-3-17(26)4-7-18)22(34)30-19-5-2-15-8-10-32(11-9-16(15)12-19)23(35)25(27,28)29/h2-7,12,20-21H,8-11,13-14H2,1H3,(H,30,34)(H,31,36)/t20-,21-/m1/s1. The molecule has 0 saturated carbocycles. The van der Waals surface area contributed by atoms with Crippen molar-refractivity contribution in [3.05, 3.63) is 58.1 Å². The van der Waals surface area contributed by atoms with Crippen LogP contribution in [0.15, 0.2) is 46.9 Å². The van der Waals surface area contributed by atoms with Crippen LogP contribution < -0.4 is 10.6 Å². The van der Waals surface area contributed by atoms with Gasteiger partial charge in [0.15, 0.2) is 0 Å². The summed E-state index contributed by atoms with van der Waals surface area (Å²) in [4.78, 5) is 40.1. The van der Waals surface area contributed by atoms with Crippen LogP contribution in [0.4, 0.5) is 29.3 Å². The molecule has 198 valence electrons. The molecule has 0 spiro atoms. The van der Waals surface area contributed by atoms with Crippen LogP contribution in [0.3, 0.4) is 0 Å². The fourth-order valence-corrected chi connectivity index (χ4v) is 4.84. The number of nitrogens with zero attached hydrogens (tertiary/aromatic N) is 2. The van der Waals surface area contributed by atoms with Crippen LogP contribution in [-0.4, -0.2) is 72.7 Å². The van der Waals surface area contributed by atoms with E-state index in [9.17, 15) is 27.6 Å². The Balaban J connectivity index is 1.43. The van der Waals surface area contributed by atoms with Gasteiger partial charge in [0, 0.05) is 49.0 Å². The minimum Gasteiger partial charge on any atom is -0.380 e. The normalized spacial score (nSPS) is 19.7. The molecule has 4 rings (SSSR count). The minimum atomic E-state index is -4.91. The molecule has 2 aromatic rings. The van der Waals surface area contributed by atoms with Crippen LogP contribution >= 0.6 is 15.9 Å². The molecule has 0 unspecified atom stereocenters. The fraction of sp³-hybridized carbons (Fsp3) is 0.400. The summed E-state index contributed by atoms with van der Waals surface area (Å²) >= 11 is 3.34. The SMILES string of the molecule is CO[C@@H]1C[C@H](C(=O)Nc2ccc3c(c2)CCN(C(=O)C(F)(F)F)CC3)N(C(=O)Nc2ccc(Br)cc2)C1. The highest BCUT2D eigenvalue weighted by Crippen LogP contribution is 2.26. The minimum absolute atomic E-state index is 0.0278. The molecule has 2 aromatic carbocycles. The summed E-state index contributed by atoms with van der Waals surface area (Å²) < 4.78 is 44.8. The van der Waals surface area contributed by atoms with E-state index in [1.807, 2.05) is 0 Å². The first-order chi connectivity index (χ1) is 17.5. The van der Waals surface area contributed by atoms with Crippen molar-refractivity contribution in [1.82, 2.24) is 9.80 Å². The van der Waals surface area contributed by atoms with E-state index < -0.39 is 30.1 Å². The number of hydrogen-bond donors (Lipinski definition) is 2. The largest absolute Gasteiger partial charge is 0.471 e. The van der Waals surface area contributed by atoms with Gasteiger partial charge in [-0.05, 0) is 60.4 Å². The Bertz CT molecular complexity index is 1180. The van der Waals surface area contributed by atoms with Gasteiger partial charge in [0.1, 0.15) is 6.04 Å². The third kappa shape index (κ3) is 6.42. The molecule has 0 bridgehead atoms. The van der Waals surface area contributed by atoms with Gasteiger partial charge < -0.3 is 25.2 Å². The number of carbonyl (C=O) groups excluding carboxylic acids is 3. The smallest absolute Gasteiger partial charge is 0.380 e. The lowest BCUT2D eigenvalue weighted by Gasteiger charge is -2.24. The van der Waals surface area contributed by atoms with E-state index in [0.717, 1.165) is 20.5 Å². The van der Waals surface area contributed by atoms with Gasteiger partial charge in [-0.1, -0.05) is 22.0 Å². The molecule has 2 aliphatic heterocycles. The Morgan fingerprint density at radius 3 is 2.27 bits per heavy atom. The second kappa shape index (κ2) is 11.1. The Morgan fingerprint density at radius 1 is 0.973 bits per heavy atom. The van der Waals surface area contributed by atoms with Crippen molar-refractivity contribution in [2.24, 2.45) is 0 Å². The molecule has 2 heterocycles. The van der Waals surface area contributed by atoms with Crippen LogP contribution in [0, 0.1) is 0 Å². The van der Waals surface area contributed by atoms with Gasteiger partial charge in [-0.25, -0.2) is 4.79 Å². The van der Waals surface area contributed by atoms with E-state index >= 15 is 0 Å². The van der Waals surface area contributed by atoms with Gasteiger partial charge in [-0.2, -0.15) is 13.2 Å². The summed E-state index contributed by atoms with van der Waals surface area (Å²) in [6.07, 6.45) is -4.39. The number of fused-ring (bicyclic) bond motifs is 1. The molecule has 2 N–H and O–H groups in total. The number of anilines is 2. The highest BCUT2D eigenvalue weighted by atomic mass is 79.9. The number of carbonyl (C=O) groups is 3. The monoisotopic (exact) mass is 582 g/mol. The van der Waals surface area contributed by atoms with E-state index in [1.165, 1.54) is 12.0 Å². The fourth-order valence-electron chi connectivity index (χ4n) is 4.58. The zero-order valence-electron chi connectivity index (χ0n) is 20.0. The maximum atomic E-state index is 13.2. The first-order valence-electron chi connectivity index (χ1n) is 11.7. The Kier molecular flexibility index (Phi) is 8.08. The van der Waals surface area contributed by atoms with Crippen molar-refractivity contribution in [2.75, 3.05) is 37.4 Å². The topological polar surface area (TPSA) is 91.0 Å². The van der Waals surface area contributed by atoms with Crippen molar-refractivity contribution in [3.63, 3.8) is 0 Å². The lowest BCUT2D eigenvalue weighted by molar-refractivity contribution is -0.185. The van der Waals surface area contributed by atoms with Crippen LogP contribution in [0.5, 0.6) is 0 Å². The summed E-state index contributed by atoms with van der Waals surface area (Å²) in [5.41, 5.74) is 2.64. The van der Waals surface area contributed by atoms with Gasteiger partial charge in [0.2, 0.25) is 5.91 Å². The second-order valence-electron chi connectivity index (χ2n) is 8.96. The molecule has 2 atom stereocenters. The summed E-state index contributed by atoms with van der Waals surface area (Å²) in [7, 11) is 1.52. The molecule has 2 aliphatic rings. The highest BCUT2D eigenvalue weighted by molar-refractivity contribution is 9.10. The molecular weight excluding hydrogens is 557 g/mol. The number of ether oxygens (including phenoxy) is 1. The van der Waals surface area contributed by atoms with Crippen molar-refractivity contribution in [1.29, 1.82) is 0 Å². The zero-order chi connectivity index (χ0) is 26.7. The van der Waals surface area contributed by atoms with Gasteiger partial charge >= 0.3 is 18.1 Å². The zero-order valence-corrected chi connectivity index (χ0v) is 21.6. The Hall–Kier alpha value is -3.12. The van der Waals surface area contributed by atoms with E-state index in [1.54, 1.807) is 42.5 Å². The number of urea groups is 1. The first kappa shape index (κ1) is 26.9. The van der Waals surface area contributed by atoms with E-state index in [0.29, 0.717) is 17.8 Å². The number of hydrogen-bond acceptors (Lipinski definition) is 4. The summed E-state index contributed by atoms with van der Waals surface area (Å²) in [6, 6.07) is 11.0. The molecule has 0 aromatic heterocycles. The molecular formula is C25H26BrF3N4O4. The summed E-state index contributed by atoms with van der Waals surface area (Å²) in [5, 5.41) is 5.63. The second-order valence-corrected chi connectivity index (χ2v) is 9.88. The third-order valence-corrected chi connectivity index (χ3v) is 7.09. The van der Waals surface area contributed by atoms with Crippen LogP contribution in [-0.2, 0) is 27.2 Å². The van der Waals surface area contributed by atoms with Gasteiger partial charge in [-0.15, -0.1) is 0 Å². The summed E-state index contributed by atoms with van der Waals surface area (Å²) in [5.74, 6) is -2.24. The van der Waals surface area contributed by atoms with E-state index in [4.69, 9.17) is 4.74 Å². The maximum absolute atomic E-state index is 13.2. The lowest BCUT2D eigenvalue weighted by Crippen LogP contribution is -2.45. The number of nitrogens with one attached hydrogen (secondary N) is 2. The van der Waals surface area contributed by atoms with Gasteiger partial charge in [-0.3, -0.25) is 9.59 Å². The molecule has 8 nitrogen and oxygen atoms in total. The van der Waals surface area contributed by atoms with Crippen molar-refractivity contribution in [2.45, 2.75) is 37.6 Å². The Labute approximate surface area is 220 Å². The average Bonchev–Trinajstić information content (AvgIpc) is 3.20. The number of amides is 4. The number of methoxy groups -OCH3 is 1. The maximum Gasteiger partial charge on any atom is 0.471 e. The summed E-state index contributed by atoms with van der Waals surface area (Å²) in [6.45, 7) is 0.148. The average molecular weight is 583 g/mol. The van der Waals surface area contributed by atoms with Crippen molar-refractivity contribution in [3.8, 4) is 0 Å². The number of benzene rings is 2. The van der Waals surface area contributed by atoms with Crippen molar-refractivity contribution >= 4 is 45.2 Å². The molecule has 4 amide bonds. The molecule has 1 fully saturated rings.